The zero-order valence-electron chi connectivity index (χ0n) is 13.8. The van der Waals surface area contributed by atoms with E-state index in [-0.39, 0.29) is 12.1 Å². The van der Waals surface area contributed by atoms with Gasteiger partial charge in [0.2, 0.25) is 0 Å². The summed E-state index contributed by atoms with van der Waals surface area (Å²) < 4.78 is 24.3. The molecule has 0 atom stereocenters. The highest BCUT2D eigenvalue weighted by Gasteiger charge is 2.13. The number of anilines is 1. The van der Waals surface area contributed by atoms with Crippen molar-refractivity contribution in [1.29, 1.82) is 0 Å². The fourth-order valence-electron chi connectivity index (χ4n) is 2.18. The summed E-state index contributed by atoms with van der Waals surface area (Å²) in [5.74, 6) is -1.21. The third kappa shape index (κ3) is 5.56. The Morgan fingerprint density at radius 2 is 1.96 bits per heavy atom. The third-order valence-corrected chi connectivity index (χ3v) is 3.83. The van der Waals surface area contributed by atoms with E-state index in [2.05, 4.69) is 21.2 Å². The van der Waals surface area contributed by atoms with Crippen LogP contribution in [-0.2, 0) is 20.7 Å². The summed E-state index contributed by atoms with van der Waals surface area (Å²) in [6.07, 6.45) is -0.0230. The minimum atomic E-state index is -0.620. The van der Waals surface area contributed by atoms with E-state index in [1.165, 1.54) is 19.2 Å². The fraction of sp³-hybridized carbons (Fsp3) is 0.222. The summed E-state index contributed by atoms with van der Waals surface area (Å²) in [5.41, 5.74) is 1.67. The van der Waals surface area contributed by atoms with Crippen molar-refractivity contribution >= 4 is 33.5 Å². The zero-order valence-corrected chi connectivity index (χ0v) is 15.4. The Balaban J connectivity index is 1.89. The van der Waals surface area contributed by atoms with Crippen molar-refractivity contribution in [3.8, 4) is 5.75 Å². The predicted molar refractivity (Wildman–Crippen MR) is 95.1 cm³/mol. The van der Waals surface area contributed by atoms with Crippen LogP contribution in [-0.4, -0.2) is 25.6 Å². The van der Waals surface area contributed by atoms with E-state index in [9.17, 15) is 14.0 Å². The maximum absolute atomic E-state index is 13.7. The highest BCUT2D eigenvalue weighted by Crippen LogP contribution is 2.21. The van der Waals surface area contributed by atoms with Gasteiger partial charge in [-0.15, -0.1) is 0 Å². The second-order valence-electron chi connectivity index (χ2n) is 5.33. The number of hydrogen-bond acceptors (Lipinski definition) is 4. The molecule has 7 heteroatoms. The van der Waals surface area contributed by atoms with Gasteiger partial charge >= 0.3 is 5.97 Å². The second kappa shape index (κ2) is 8.62. The van der Waals surface area contributed by atoms with Gasteiger partial charge in [0.05, 0.1) is 19.2 Å². The van der Waals surface area contributed by atoms with Gasteiger partial charge in [-0.25, -0.2) is 4.39 Å². The predicted octanol–water partition coefficient (Wildman–Crippen LogP) is 3.63. The van der Waals surface area contributed by atoms with E-state index in [4.69, 9.17) is 9.47 Å². The number of halogens is 2. The fourth-order valence-corrected chi connectivity index (χ4v) is 2.51. The van der Waals surface area contributed by atoms with Crippen molar-refractivity contribution in [2.45, 2.75) is 13.3 Å². The SMILES string of the molecule is COc1ccc(C)cc1CC(=O)OCC(=O)Nc1ccc(Br)cc1F. The molecule has 0 aliphatic heterocycles. The maximum atomic E-state index is 13.7. The first-order chi connectivity index (χ1) is 11.9. The molecule has 132 valence electrons. The number of rotatable bonds is 6. The monoisotopic (exact) mass is 409 g/mol. The number of benzene rings is 2. The molecule has 0 aliphatic rings. The largest absolute Gasteiger partial charge is 0.496 e. The summed E-state index contributed by atoms with van der Waals surface area (Å²) in [6.45, 7) is 1.40. The summed E-state index contributed by atoms with van der Waals surface area (Å²) >= 11 is 3.13. The van der Waals surface area contributed by atoms with Crippen LogP contribution in [0, 0.1) is 12.7 Å². The van der Waals surface area contributed by atoms with E-state index < -0.39 is 24.3 Å². The molecule has 0 bridgehead atoms. The number of carbonyl (C=O) groups excluding carboxylic acids is 2. The lowest BCUT2D eigenvalue weighted by atomic mass is 10.1. The Kier molecular flexibility index (Phi) is 6.52. The lowest BCUT2D eigenvalue weighted by molar-refractivity contribution is -0.146. The molecule has 1 N–H and O–H groups in total. The minimum Gasteiger partial charge on any atom is -0.496 e. The number of carbonyl (C=O) groups is 2. The number of aryl methyl sites for hydroxylation is 1. The Labute approximate surface area is 153 Å². The number of ether oxygens (including phenoxy) is 2. The maximum Gasteiger partial charge on any atom is 0.310 e. The van der Waals surface area contributed by atoms with Crippen LogP contribution < -0.4 is 10.1 Å². The smallest absolute Gasteiger partial charge is 0.310 e. The Morgan fingerprint density at radius 1 is 1.20 bits per heavy atom. The Hall–Kier alpha value is -2.41. The normalized spacial score (nSPS) is 10.2. The lowest BCUT2D eigenvalue weighted by Crippen LogP contribution is -2.22. The molecule has 2 aromatic rings. The average molecular weight is 410 g/mol. The van der Waals surface area contributed by atoms with Crippen LogP contribution in [0.2, 0.25) is 0 Å². The van der Waals surface area contributed by atoms with Crippen LogP contribution >= 0.6 is 15.9 Å². The van der Waals surface area contributed by atoms with Gasteiger partial charge in [0, 0.05) is 10.0 Å². The van der Waals surface area contributed by atoms with Gasteiger partial charge in [0.15, 0.2) is 6.61 Å². The lowest BCUT2D eigenvalue weighted by Gasteiger charge is -2.10. The van der Waals surface area contributed by atoms with Crippen LogP contribution in [0.4, 0.5) is 10.1 Å². The number of hydrogen-bond donors (Lipinski definition) is 1. The van der Waals surface area contributed by atoms with Gasteiger partial charge in [0.25, 0.3) is 5.91 Å². The molecular weight excluding hydrogens is 393 g/mol. The van der Waals surface area contributed by atoms with Crippen molar-refractivity contribution in [3.63, 3.8) is 0 Å². The highest BCUT2D eigenvalue weighted by atomic mass is 79.9. The zero-order chi connectivity index (χ0) is 18.4. The van der Waals surface area contributed by atoms with E-state index in [1.54, 1.807) is 12.1 Å². The molecule has 0 unspecified atom stereocenters. The molecule has 0 radical (unpaired) electrons. The molecule has 0 fully saturated rings. The van der Waals surface area contributed by atoms with E-state index >= 15 is 0 Å². The molecule has 1 amide bonds. The van der Waals surface area contributed by atoms with Crippen molar-refractivity contribution in [2.75, 3.05) is 19.0 Å². The molecule has 5 nitrogen and oxygen atoms in total. The van der Waals surface area contributed by atoms with Crippen LogP contribution in [0.15, 0.2) is 40.9 Å². The van der Waals surface area contributed by atoms with Gasteiger partial charge in [0.1, 0.15) is 11.6 Å². The number of amides is 1. The molecule has 0 spiro atoms. The molecule has 0 heterocycles. The van der Waals surface area contributed by atoms with Crippen LogP contribution in [0.3, 0.4) is 0 Å². The van der Waals surface area contributed by atoms with Gasteiger partial charge in [-0.3, -0.25) is 9.59 Å². The number of esters is 1. The van der Waals surface area contributed by atoms with Gasteiger partial charge in [-0.05, 0) is 31.2 Å². The van der Waals surface area contributed by atoms with Crippen molar-refractivity contribution in [1.82, 2.24) is 0 Å². The molecule has 0 aliphatic carbocycles. The quantitative estimate of drug-likeness (QED) is 0.739. The van der Waals surface area contributed by atoms with E-state index in [1.807, 2.05) is 19.1 Å². The summed E-state index contributed by atoms with van der Waals surface area (Å²) in [7, 11) is 1.51. The van der Waals surface area contributed by atoms with Gasteiger partial charge in [-0.1, -0.05) is 33.6 Å². The van der Waals surface area contributed by atoms with Crippen molar-refractivity contribution in [3.05, 3.63) is 57.8 Å². The number of methoxy groups -OCH3 is 1. The first kappa shape index (κ1) is 18.9. The summed E-state index contributed by atoms with van der Waals surface area (Å²) in [6, 6.07) is 9.68. The molecule has 2 aromatic carbocycles. The Morgan fingerprint density at radius 3 is 2.64 bits per heavy atom. The molecule has 25 heavy (non-hydrogen) atoms. The first-order valence-corrected chi connectivity index (χ1v) is 8.22. The summed E-state index contributed by atoms with van der Waals surface area (Å²) in [5, 5.41) is 2.35. The second-order valence-corrected chi connectivity index (χ2v) is 6.24. The Bertz CT molecular complexity index is 795. The molecular formula is C18H17BrFNO4. The van der Waals surface area contributed by atoms with Crippen LogP contribution in [0.5, 0.6) is 5.75 Å². The average Bonchev–Trinajstić information content (AvgIpc) is 2.56. The molecule has 0 saturated heterocycles. The molecule has 0 aromatic heterocycles. The molecule has 0 saturated carbocycles. The van der Waals surface area contributed by atoms with E-state index in [0.717, 1.165) is 5.56 Å². The molecule has 2 rings (SSSR count). The van der Waals surface area contributed by atoms with Gasteiger partial charge in [-0.2, -0.15) is 0 Å². The third-order valence-electron chi connectivity index (χ3n) is 3.34. The number of nitrogens with one attached hydrogen (secondary N) is 1. The van der Waals surface area contributed by atoms with Crippen LogP contribution in [0.25, 0.3) is 0 Å². The van der Waals surface area contributed by atoms with Crippen molar-refractivity contribution < 1.29 is 23.5 Å². The summed E-state index contributed by atoms with van der Waals surface area (Å²) in [4.78, 5) is 23.7. The van der Waals surface area contributed by atoms with Gasteiger partial charge < -0.3 is 14.8 Å². The first-order valence-electron chi connectivity index (χ1n) is 7.43. The minimum absolute atomic E-state index is 0.0182. The highest BCUT2D eigenvalue weighted by molar-refractivity contribution is 9.10. The standard InChI is InChI=1S/C18H17BrFNO4/c1-11-3-6-16(24-2)12(7-11)8-18(23)25-10-17(22)21-15-5-4-13(19)9-14(15)20/h3-7,9H,8,10H2,1-2H3,(H,21,22). The van der Waals surface area contributed by atoms with Crippen molar-refractivity contribution in [2.24, 2.45) is 0 Å². The van der Waals surface area contributed by atoms with Crippen LogP contribution in [0.1, 0.15) is 11.1 Å². The topological polar surface area (TPSA) is 64.6 Å². The van der Waals surface area contributed by atoms with E-state index in [0.29, 0.717) is 15.8 Å².